The lowest BCUT2D eigenvalue weighted by Crippen LogP contribution is -2.59. The number of hydrogen-bond acceptors (Lipinski definition) is 10. The number of aliphatic hydroxyl groups excluding tert-OH is 7. The molecule has 2 heterocycles. The second-order valence-corrected chi connectivity index (χ2v) is 5.11. The van der Waals surface area contributed by atoms with Gasteiger partial charge in [0, 0.05) is 0 Å². The summed E-state index contributed by atoms with van der Waals surface area (Å²) in [5.41, 5.74) is 0. The van der Waals surface area contributed by atoms with Gasteiger partial charge in [-0.05, 0) is 0 Å². The van der Waals surface area contributed by atoms with Crippen LogP contribution in [0.5, 0.6) is 0 Å². The zero-order valence-corrected chi connectivity index (χ0v) is 11.0. The lowest BCUT2D eigenvalue weighted by atomic mass is 10.0. The predicted octanol–water partition coefficient (Wildman–Crippen LogP) is -4.76. The summed E-state index contributed by atoms with van der Waals surface area (Å²) in [4.78, 5) is 0. The van der Waals surface area contributed by atoms with E-state index >= 15 is 0 Å². The van der Waals surface area contributed by atoms with Crippen molar-refractivity contribution in [3.63, 3.8) is 0 Å². The van der Waals surface area contributed by atoms with Crippen LogP contribution in [0.15, 0.2) is 0 Å². The van der Waals surface area contributed by atoms with Gasteiger partial charge >= 0.3 is 0 Å². The molecule has 2 aliphatic heterocycles. The summed E-state index contributed by atoms with van der Waals surface area (Å²) in [7, 11) is 0. The molecule has 2 saturated heterocycles. The molecule has 2 rings (SSSR count). The Balaban J connectivity index is 2.12. The molecule has 7 unspecified atom stereocenters. The third-order valence-electron chi connectivity index (χ3n) is 3.68. The molecule has 2 fully saturated rings. The average molecular weight is 312 g/mol. The van der Waals surface area contributed by atoms with Gasteiger partial charge in [-0.2, -0.15) is 0 Å². The molecular formula is C11H20O10. The molecule has 8 atom stereocenters. The molecule has 10 heteroatoms. The number of hydrogen-bond donors (Lipinski definition) is 7. The summed E-state index contributed by atoms with van der Waals surface area (Å²) < 4.78 is 15.3. The van der Waals surface area contributed by atoms with Gasteiger partial charge in [0.2, 0.25) is 5.79 Å². The second kappa shape index (κ2) is 6.38. The molecule has 0 aromatic heterocycles. The third kappa shape index (κ3) is 2.92. The molecule has 0 amide bonds. The van der Waals surface area contributed by atoms with Crippen molar-refractivity contribution in [2.45, 2.75) is 48.7 Å². The molecule has 0 saturated carbocycles. The fourth-order valence-corrected chi connectivity index (χ4v) is 2.35. The third-order valence-corrected chi connectivity index (χ3v) is 3.68. The minimum atomic E-state index is -2.12. The Morgan fingerprint density at radius 3 is 2.19 bits per heavy atom. The van der Waals surface area contributed by atoms with E-state index in [0.717, 1.165) is 0 Å². The maximum absolute atomic E-state index is 9.92. The Kier molecular flexibility index (Phi) is 5.15. The Bertz CT molecular complexity index is 354. The van der Waals surface area contributed by atoms with Crippen LogP contribution in [0, 0.1) is 0 Å². The van der Waals surface area contributed by atoms with Crippen molar-refractivity contribution in [2.75, 3.05) is 19.8 Å². The lowest BCUT2D eigenvalue weighted by molar-refractivity contribution is -0.370. The molecule has 7 N–H and O–H groups in total. The van der Waals surface area contributed by atoms with Gasteiger partial charge in [-0.25, -0.2) is 0 Å². The van der Waals surface area contributed by atoms with Gasteiger partial charge in [0.05, 0.1) is 13.2 Å². The molecular weight excluding hydrogens is 292 g/mol. The van der Waals surface area contributed by atoms with Gasteiger partial charge in [-0.15, -0.1) is 0 Å². The second-order valence-electron chi connectivity index (χ2n) is 5.11. The van der Waals surface area contributed by atoms with Crippen molar-refractivity contribution >= 4 is 0 Å². The van der Waals surface area contributed by atoms with Gasteiger partial charge in [0.15, 0.2) is 6.29 Å². The van der Waals surface area contributed by atoms with Crippen LogP contribution in [0.2, 0.25) is 0 Å². The summed E-state index contributed by atoms with van der Waals surface area (Å²) in [5.74, 6) is -2.12. The monoisotopic (exact) mass is 312 g/mol. The molecule has 0 bridgehead atoms. The molecule has 0 aromatic carbocycles. The SMILES string of the molecule is OCC1O[C@@](CO)(OC2OCC(O)C(O)C2O)C(O)C1O. The molecule has 0 spiro atoms. The van der Waals surface area contributed by atoms with E-state index in [1.807, 2.05) is 0 Å². The van der Waals surface area contributed by atoms with Crippen LogP contribution in [0.3, 0.4) is 0 Å². The number of ether oxygens (including phenoxy) is 3. The highest BCUT2D eigenvalue weighted by Gasteiger charge is 2.57. The minimum Gasteiger partial charge on any atom is -0.394 e. The van der Waals surface area contributed by atoms with Crippen LogP contribution < -0.4 is 0 Å². The molecule has 0 radical (unpaired) electrons. The quantitative estimate of drug-likeness (QED) is 0.267. The summed E-state index contributed by atoms with van der Waals surface area (Å²) in [6.45, 7) is -1.86. The van der Waals surface area contributed by atoms with E-state index in [-0.39, 0.29) is 6.61 Å². The Morgan fingerprint density at radius 2 is 1.67 bits per heavy atom. The first-order valence-electron chi connectivity index (χ1n) is 6.45. The summed E-state index contributed by atoms with van der Waals surface area (Å²) in [6.07, 6.45) is -10.4. The summed E-state index contributed by atoms with van der Waals surface area (Å²) >= 11 is 0. The lowest BCUT2D eigenvalue weighted by Gasteiger charge is -2.40. The van der Waals surface area contributed by atoms with E-state index in [2.05, 4.69) is 0 Å². The average Bonchev–Trinajstić information content (AvgIpc) is 2.73. The molecule has 10 nitrogen and oxygen atoms in total. The summed E-state index contributed by atoms with van der Waals surface area (Å²) in [6, 6.07) is 0. The van der Waals surface area contributed by atoms with Crippen LogP contribution in [0.4, 0.5) is 0 Å². The van der Waals surface area contributed by atoms with Crippen molar-refractivity contribution in [1.82, 2.24) is 0 Å². The maximum atomic E-state index is 9.92. The zero-order valence-electron chi connectivity index (χ0n) is 11.0. The van der Waals surface area contributed by atoms with Crippen molar-refractivity contribution in [3.8, 4) is 0 Å². The molecule has 2 aliphatic rings. The van der Waals surface area contributed by atoms with Gasteiger partial charge < -0.3 is 50.0 Å². The van der Waals surface area contributed by atoms with Crippen LogP contribution >= 0.6 is 0 Å². The van der Waals surface area contributed by atoms with E-state index in [1.54, 1.807) is 0 Å². The smallest absolute Gasteiger partial charge is 0.224 e. The highest BCUT2D eigenvalue weighted by molar-refractivity contribution is 4.97. The highest BCUT2D eigenvalue weighted by Crippen LogP contribution is 2.35. The topological polar surface area (TPSA) is 169 Å². The molecule has 0 aliphatic carbocycles. The number of rotatable bonds is 4. The molecule has 124 valence electrons. The van der Waals surface area contributed by atoms with Gasteiger partial charge in [-0.3, -0.25) is 0 Å². The van der Waals surface area contributed by atoms with E-state index in [1.165, 1.54) is 0 Å². The predicted molar refractivity (Wildman–Crippen MR) is 62.6 cm³/mol. The first kappa shape index (κ1) is 17.0. The van der Waals surface area contributed by atoms with Crippen molar-refractivity contribution in [3.05, 3.63) is 0 Å². The van der Waals surface area contributed by atoms with Crippen molar-refractivity contribution < 1.29 is 50.0 Å². The largest absolute Gasteiger partial charge is 0.394 e. The highest BCUT2D eigenvalue weighted by atomic mass is 16.8. The van der Waals surface area contributed by atoms with E-state index < -0.39 is 61.9 Å². The summed E-state index contributed by atoms with van der Waals surface area (Å²) in [5, 5.41) is 66.7. The van der Waals surface area contributed by atoms with E-state index in [9.17, 15) is 30.6 Å². The normalized spacial score (nSPS) is 51.3. The van der Waals surface area contributed by atoms with Crippen LogP contribution in [-0.4, -0.2) is 104 Å². The first-order chi connectivity index (χ1) is 9.86. The van der Waals surface area contributed by atoms with Crippen LogP contribution in [0.1, 0.15) is 0 Å². The Morgan fingerprint density at radius 1 is 1.00 bits per heavy atom. The van der Waals surface area contributed by atoms with Crippen molar-refractivity contribution in [2.24, 2.45) is 0 Å². The fraction of sp³-hybridized carbons (Fsp3) is 1.00. The number of aliphatic hydroxyl groups is 7. The Labute approximate surface area is 119 Å². The van der Waals surface area contributed by atoms with Crippen LogP contribution in [-0.2, 0) is 14.2 Å². The maximum Gasteiger partial charge on any atom is 0.224 e. The van der Waals surface area contributed by atoms with E-state index in [0.29, 0.717) is 0 Å². The van der Waals surface area contributed by atoms with Gasteiger partial charge in [-0.1, -0.05) is 0 Å². The minimum absolute atomic E-state index is 0.341. The van der Waals surface area contributed by atoms with E-state index in [4.69, 9.17) is 19.3 Å². The van der Waals surface area contributed by atoms with Gasteiger partial charge in [0.25, 0.3) is 0 Å². The fourth-order valence-electron chi connectivity index (χ4n) is 2.35. The standard InChI is InChI=1S/C11H20O10/c12-1-5-7(16)9(18)11(3-13,20-5)21-10-8(17)6(15)4(14)2-19-10/h4-10,12-18H,1-3H2/t4?,5?,6?,7?,8?,9?,10?,11-/m0/s1. The van der Waals surface area contributed by atoms with Gasteiger partial charge in [0.1, 0.15) is 43.2 Å². The van der Waals surface area contributed by atoms with Crippen molar-refractivity contribution in [1.29, 1.82) is 0 Å². The molecule has 0 aromatic rings. The molecule has 21 heavy (non-hydrogen) atoms. The Hall–Kier alpha value is -0.400. The first-order valence-corrected chi connectivity index (χ1v) is 6.45. The zero-order chi connectivity index (χ0) is 15.8. The van der Waals surface area contributed by atoms with Crippen LogP contribution in [0.25, 0.3) is 0 Å².